The minimum atomic E-state index is -0.557. The highest BCUT2D eigenvalue weighted by molar-refractivity contribution is 7.98. The SMILES string of the molecule is O=C1NC(=O)/C(=C\c2cnn3c(SCc4ccccc4)cc(Nc4cccc(Cl)c4)nc23)N1. The summed E-state index contributed by atoms with van der Waals surface area (Å²) in [5.41, 5.74) is 3.25. The zero-order chi connectivity index (χ0) is 22.8. The van der Waals surface area contributed by atoms with Gasteiger partial charge in [-0.1, -0.05) is 48.0 Å². The summed E-state index contributed by atoms with van der Waals surface area (Å²) in [6.45, 7) is 0. The Bertz CT molecular complexity index is 1400. The zero-order valence-electron chi connectivity index (χ0n) is 17.1. The summed E-state index contributed by atoms with van der Waals surface area (Å²) in [6, 6.07) is 18.8. The highest BCUT2D eigenvalue weighted by Crippen LogP contribution is 2.29. The summed E-state index contributed by atoms with van der Waals surface area (Å²) in [5.74, 6) is 0.845. The second-order valence-corrected chi connectivity index (χ2v) is 8.62. The molecule has 0 radical (unpaired) electrons. The third kappa shape index (κ3) is 4.69. The first-order valence-corrected chi connectivity index (χ1v) is 11.3. The molecule has 33 heavy (non-hydrogen) atoms. The number of thioether (sulfide) groups is 1. The molecule has 2 aromatic carbocycles. The maximum absolute atomic E-state index is 12.0. The Balaban J connectivity index is 1.55. The van der Waals surface area contributed by atoms with Crippen molar-refractivity contribution < 1.29 is 9.59 Å². The molecular weight excluding hydrogens is 460 g/mol. The number of hydrogen-bond donors (Lipinski definition) is 3. The number of urea groups is 1. The topological polar surface area (TPSA) is 100 Å². The zero-order valence-corrected chi connectivity index (χ0v) is 18.7. The van der Waals surface area contributed by atoms with Crippen LogP contribution in [0.5, 0.6) is 0 Å². The Kier molecular flexibility index (Phi) is 5.72. The van der Waals surface area contributed by atoms with Crippen molar-refractivity contribution in [2.24, 2.45) is 0 Å². The lowest BCUT2D eigenvalue weighted by Gasteiger charge is -2.10. The van der Waals surface area contributed by atoms with E-state index in [-0.39, 0.29) is 5.70 Å². The molecule has 5 rings (SSSR count). The Hall–Kier alpha value is -3.82. The molecule has 8 nitrogen and oxygen atoms in total. The summed E-state index contributed by atoms with van der Waals surface area (Å²) in [4.78, 5) is 28.2. The van der Waals surface area contributed by atoms with Crippen molar-refractivity contribution in [3.63, 3.8) is 0 Å². The first-order chi connectivity index (χ1) is 16.0. The fraction of sp³-hybridized carbons (Fsp3) is 0.0435. The Labute approximate surface area is 198 Å². The molecule has 3 heterocycles. The minimum absolute atomic E-state index is 0.142. The lowest BCUT2D eigenvalue weighted by atomic mass is 10.2. The van der Waals surface area contributed by atoms with Gasteiger partial charge in [0.25, 0.3) is 5.91 Å². The second kappa shape index (κ2) is 8.97. The molecule has 1 saturated heterocycles. The van der Waals surface area contributed by atoms with Crippen LogP contribution in [0.25, 0.3) is 11.7 Å². The monoisotopic (exact) mass is 476 g/mol. The van der Waals surface area contributed by atoms with Crippen molar-refractivity contribution in [1.29, 1.82) is 0 Å². The van der Waals surface area contributed by atoms with Gasteiger partial charge in [-0.2, -0.15) is 5.10 Å². The van der Waals surface area contributed by atoms with Crippen LogP contribution in [0, 0.1) is 0 Å². The Morgan fingerprint density at radius 1 is 1.06 bits per heavy atom. The van der Waals surface area contributed by atoms with Crippen LogP contribution in [0.3, 0.4) is 0 Å². The van der Waals surface area contributed by atoms with Crippen molar-refractivity contribution in [2.45, 2.75) is 10.8 Å². The van der Waals surface area contributed by atoms with Crippen LogP contribution in [0.1, 0.15) is 11.1 Å². The third-order valence-electron chi connectivity index (χ3n) is 4.81. The molecule has 0 aliphatic carbocycles. The van der Waals surface area contributed by atoms with E-state index in [9.17, 15) is 9.59 Å². The van der Waals surface area contributed by atoms with Gasteiger partial charge in [0.2, 0.25) is 0 Å². The standard InChI is InChI=1S/C23H17ClN6O2S/c24-16-7-4-8-17(10-16)26-19-11-20(33-13-14-5-2-1-3-6-14)30-21(28-19)15(12-25-30)9-18-22(31)29-23(32)27-18/h1-12H,13H2,(H,26,28)(H2,27,29,31,32)/b18-9+. The number of nitrogens with one attached hydrogen (secondary N) is 3. The van der Waals surface area contributed by atoms with E-state index in [0.717, 1.165) is 16.5 Å². The number of carbonyl (C=O) groups excluding carboxylic acids is 2. The lowest BCUT2D eigenvalue weighted by Crippen LogP contribution is -2.22. The molecular formula is C23H17ClN6O2S. The summed E-state index contributed by atoms with van der Waals surface area (Å²) in [5, 5.41) is 13.9. The lowest BCUT2D eigenvalue weighted by molar-refractivity contribution is -0.115. The maximum Gasteiger partial charge on any atom is 0.326 e. The smallest absolute Gasteiger partial charge is 0.326 e. The molecule has 3 amide bonds. The number of halogens is 1. The highest BCUT2D eigenvalue weighted by Gasteiger charge is 2.23. The highest BCUT2D eigenvalue weighted by atomic mass is 35.5. The molecule has 0 unspecified atom stereocenters. The largest absolute Gasteiger partial charge is 0.340 e. The van der Waals surface area contributed by atoms with Crippen molar-refractivity contribution in [3.8, 4) is 0 Å². The molecule has 0 spiro atoms. The number of carbonyl (C=O) groups is 2. The van der Waals surface area contributed by atoms with Gasteiger partial charge in [0, 0.05) is 28.1 Å². The summed E-state index contributed by atoms with van der Waals surface area (Å²) < 4.78 is 1.72. The molecule has 0 saturated carbocycles. The van der Waals surface area contributed by atoms with E-state index in [1.165, 1.54) is 5.56 Å². The summed E-state index contributed by atoms with van der Waals surface area (Å²) in [6.07, 6.45) is 3.17. The van der Waals surface area contributed by atoms with E-state index in [1.54, 1.807) is 34.6 Å². The quantitative estimate of drug-likeness (QED) is 0.163. The van der Waals surface area contributed by atoms with Crippen molar-refractivity contribution >= 4 is 58.5 Å². The molecule has 2 aromatic heterocycles. The van der Waals surface area contributed by atoms with E-state index < -0.39 is 11.9 Å². The molecule has 1 fully saturated rings. The third-order valence-corrected chi connectivity index (χ3v) is 6.11. The number of amides is 3. The van der Waals surface area contributed by atoms with Crippen LogP contribution >= 0.6 is 23.4 Å². The second-order valence-electron chi connectivity index (χ2n) is 7.19. The predicted molar refractivity (Wildman–Crippen MR) is 128 cm³/mol. The van der Waals surface area contributed by atoms with E-state index in [0.29, 0.717) is 22.1 Å². The molecule has 164 valence electrons. The summed E-state index contributed by atoms with van der Waals surface area (Å²) >= 11 is 7.74. The van der Waals surface area contributed by atoms with E-state index in [4.69, 9.17) is 16.6 Å². The number of anilines is 2. The number of benzene rings is 2. The van der Waals surface area contributed by atoms with Crippen LogP contribution < -0.4 is 16.0 Å². The Morgan fingerprint density at radius 3 is 2.67 bits per heavy atom. The molecule has 0 bridgehead atoms. The van der Waals surface area contributed by atoms with Gasteiger partial charge in [-0.05, 0) is 29.8 Å². The van der Waals surface area contributed by atoms with Gasteiger partial charge >= 0.3 is 6.03 Å². The number of fused-ring (bicyclic) bond motifs is 1. The fourth-order valence-corrected chi connectivity index (χ4v) is 4.45. The molecule has 10 heteroatoms. The van der Waals surface area contributed by atoms with Gasteiger partial charge in [-0.15, -0.1) is 11.8 Å². The molecule has 0 atom stereocenters. The van der Waals surface area contributed by atoms with Crippen molar-refractivity contribution in [1.82, 2.24) is 25.2 Å². The molecule has 1 aliphatic rings. The fourth-order valence-electron chi connectivity index (χ4n) is 3.30. The van der Waals surface area contributed by atoms with Gasteiger partial charge < -0.3 is 10.6 Å². The Morgan fingerprint density at radius 2 is 1.91 bits per heavy atom. The maximum atomic E-state index is 12.0. The average Bonchev–Trinajstić information content (AvgIpc) is 3.35. The average molecular weight is 477 g/mol. The van der Waals surface area contributed by atoms with Crippen LogP contribution in [0.2, 0.25) is 5.02 Å². The number of imide groups is 1. The van der Waals surface area contributed by atoms with Crippen LogP contribution in [0.15, 0.2) is 77.6 Å². The molecule has 3 N–H and O–H groups in total. The first kappa shape index (κ1) is 21.0. The summed E-state index contributed by atoms with van der Waals surface area (Å²) in [7, 11) is 0. The first-order valence-electron chi connectivity index (χ1n) is 9.97. The van der Waals surface area contributed by atoms with Gasteiger partial charge in [0.15, 0.2) is 5.65 Å². The van der Waals surface area contributed by atoms with Gasteiger partial charge in [0.05, 0.1) is 6.20 Å². The number of rotatable bonds is 6. The molecule has 1 aliphatic heterocycles. The van der Waals surface area contributed by atoms with Gasteiger partial charge in [-0.3, -0.25) is 10.1 Å². The van der Waals surface area contributed by atoms with Crippen LogP contribution in [0.4, 0.5) is 16.3 Å². The predicted octanol–water partition coefficient (Wildman–Crippen LogP) is 4.60. The molecule has 4 aromatic rings. The van der Waals surface area contributed by atoms with Crippen molar-refractivity contribution in [3.05, 3.63) is 88.7 Å². The van der Waals surface area contributed by atoms with E-state index in [2.05, 4.69) is 33.2 Å². The van der Waals surface area contributed by atoms with Crippen LogP contribution in [-0.2, 0) is 10.5 Å². The normalized spacial score (nSPS) is 14.5. The minimum Gasteiger partial charge on any atom is -0.340 e. The number of hydrogen-bond acceptors (Lipinski definition) is 6. The van der Waals surface area contributed by atoms with Gasteiger partial charge in [0.1, 0.15) is 16.5 Å². The van der Waals surface area contributed by atoms with Crippen LogP contribution in [-0.4, -0.2) is 26.5 Å². The van der Waals surface area contributed by atoms with E-state index in [1.807, 2.05) is 42.5 Å². The number of aromatic nitrogens is 3. The van der Waals surface area contributed by atoms with Gasteiger partial charge in [-0.25, -0.2) is 14.3 Å². The van der Waals surface area contributed by atoms with Crippen molar-refractivity contribution in [2.75, 3.05) is 5.32 Å². The number of nitrogens with zero attached hydrogens (tertiary/aromatic N) is 3. The van der Waals surface area contributed by atoms with E-state index >= 15 is 0 Å².